The van der Waals surface area contributed by atoms with Crippen molar-refractivity contribution in [3.8, 4) is 0 Å². The highest BCUT2D eigenvalue weighted by molar-refractivity contribution is 6.31. The van der Waals surface area contributed by atoms with Crippen LogP contribution in [-0.2, 0) is 13.1 Å². The van der Waals surface area contributed by atoms with Crippen LogP contribution in [0.15, 0.2) is 72.9 Å². The number of carbonyl (C=O) groups is 1. The van der Waals surface area contributed by atoms with Gasteiger partial charge in [0.15, 0.2) is 0 Å². The van der Waals surface area contributed by atoms with Gasteiger partial charge in [-0.25, -0.2) is 4.98 Å². The quantitative estimate of drug-likeness (QED) is 0.710. The average molecular weight is 353 g/mol. The Bertz CT molecular complexity index is 852. The van der Waals surface area contributed by atoms with E-state index < -0.39 is 0 Å². The van der Waals surface area contributed by atoms with Gasteiger partial charge in [0.1, 0.15) is 12.1 Å². The van der Waals surface area contributed by atoms with E-state index >= 15 is 0 Å². The number of nitrogens with one attached hydrogen (secondary N) is 3. The Morgan fingerprint density at radius 3 is 2.48 bits per heavy atom. The van der Waals surface area contributed by atoms with Crippen molar-refractivity contribution in [2.75, 3.05) is 5.32 Å². The fourth-order valence-electron chi connectivity index (χ4n) is 2.47. The summed E-state index contributed by atoms with van der Waals surface area (Å²) >= 11 is 6.18. The summed E-state index contributed by atoms with van der Waals surface area (Å²) in [6, 6.07) is 21.0. The molecule has 5 heteroatoms. The number of aromatic amines is 1. The molecule has 0 unspecified atom stereocenters. The lowest BCUT2D eigenvalue weighted by atomic mass is 10.2. The molecule has 25 heavy (non-hydrogen) atoms. The summed E-state index contributed by atoms with van der Waals surface area (Å²) in [7, 11) is 0. The first-order chi connectivity index (χ1) is 12.2. The van der Waals surface area contributed by atoms with Gasteiger partial charge >= 0.3 is 0 Å². The van der Waals surface area contributed by atoms with Crippen LogP contribution in [0, 0.1) is 0 Å². The van der Waals surface area contributed by atoms with Gasteiger partial charge in [0.05, 0.1) is 6.20 Å². The van der Waals surface area contributed by atoms with E-state index in [-0.39, 0.29) is 5.91 Å². The molecule has 0 aliphatic rings. The second-order valence-corrected chi connectivity index (χ2v) is 5.98. The summed E-state index contributed by atoms with van der Waals surface area (Å²) in [5.74, 6) is 0.523. The second kappa shape index (κ2) is 8.31. The molecule has 0 saturated carbocycles. The summed E-state index contributed by atoms with van der Waals surface area (Å²) in [4.78, 5) is 15.6. The number of halogens is 1. The monoisotopic (exact) mass is 352 g/mol. The molecule has 126 valence electrons. The van der Waals surface area contributed by atoms with Crippen LogP contribution in [-0.4, -0.2) is 5.91 Å². The third-order valence-corrected chi connectivity index (χ3v) is 4.18. The Morgan fingerprint density at radius 2 is 1.68 bits per heavy atom. The molecular formula is C20H19ClN3O+. The third kappa shape index (κ3) is 4.58. The van der Waals surface area contributed by atoms with E-state index in [1.807, 2.05) is 54.6 Å². The van der Waals surface area contributed by atoms with E-state index in [1.54, 1.807) is 18.3 Å². The Balaban J connectivity index is 1.68. The van der Waals surface area contributed by atoms with Gasteiger partial charge in [0, 0.05) is 17.1 Å². The van der Waals surface area contributed by atoms with Crippen LogP contribution in [0.3, 0.4) is 0 Å². The number of rotatable bonds is 6. The molecule has 0 aliphatic heterocycles. The molecule has 1 aromatic heterocycles. The van der Waals surface area contributed by atoms with Gasteiger partial charge in [-0.05, 0) is 23.8 Å². The van der Waals surface area contributed by atoms with Crippen molar-refractivity contribution >= 4 is 23.3 Å². The molecule has 0 saturated heterocycles. The molecule has 0 fully saturated rings. The SMILES string of the molecule is O=C(NCc1ccccc1)c1ccc[nH+]c1NCc1ccccc1Cl. The van der Waals surface area contributed by atoms with Gasteiger partial charge < -0.3 is 5.32 Å². The van der Waals surface area contributed by atoms with Gasteiger partial charge in [-0.15, -0.1) is 0 Å². The van der Waals surface area contributed by atoms with E-state index in [9.17, 15) is 4.79 Å². The number of aromatic nitrogens is 1. The molecule has 0 atom stereocenters. The predicted molar refractivity (Wildman–Crippen MR) is 99.4 cm³/mol. The van der Waals surface area contributed by atoms with Crippen molar-refractivity contribution in [2.45, 2.75) is 13.1 Å². The number of hydrogen-bond donors (Lipinski definition) is 2. The van der Waals surface area contributed by atoms with Crippen LogP contribution >= 0.6 is 11.6 Å². The van der Waals surface area contributed by atoms with Crippen molar-refractivity contribution in [1.82, 2.24) is 5.32 Å². The Morgan fingerprint density at radius 1 is 0.920 bits per heavy atom. The molecular weight excluding hydrogens is 334 g/mol. The minimum absolute atomic E-state index is 0.137. The number of carbonyl (C=O) groups excluding carboxylic acids is 1. The largest absolute Gasteiger partial charge is 0.348 e. The smallest absolute Gasteiger partial charge is 0.285 e. The number of amides is 1. The van der Waals surface area contributed by atoms with Crippen molar-refractivity contribution < 1.29 is 9.78 Å². The lowest BCUT2D eigenvalue weighted by molar-refractivity contribution is -0.361. The summed E-state index contributed by atoms with van der Waals surface area (Å²) < 4.78 is 0. The Labute approximate surface area is 151 Å². The highest BCUT2D eigenvalue weighted by atomic mass is 35.5. The van der Waals surface area contributed by atoms with Crippen LogP contribution in [0.4, 0.5) is 5.82 Å². The predicted octanol–water partition coefficient (Wildman–Crippen LogP) is 3.70. The first-order valence-corrected chi connectivity index (χ1v) is 8.42. The Hall–Kier alpha value is -2.85. The maximum absolute atomic E-state index is 12.5. The number of hydrogen-bond acceptors (Lipinski definition) is 2. The maximum atomic E-state index is 12.5. The molecule has 2 aromatic carbocycles. The van der Waals surface area contributed by atoms with E-state index in [1.165, 1.54) is 0 Å². The molecule has 0 spiro atoms. The van der Waals surface area contributed by atoms with Crippen molar-refractivity contribution in [3.63, 3.8) is 0 Å². The molecule has 3 rings (SSSR count). The molecule has 1 amide bonds. The van der Waals surface area contributed by atoms with E-state index in [2.05, 4.69) is 15.6 Å². The first kappa shape index (κ1) is 17.0. The normalized spacial score (nSPS) is 10.3. The fraction of sp³-hybridized carbons (Fsp3) is 0.100. The van der Waals surface area contributed by atoms with E-state index in [0.29, 0.717) is 29.5 Å². The van der Waals surface area contributed by atoms with Crippen molar-refractivity contribution in [1.29, 1.82) is 0 Å². The maximum Gasteiger partial charge on any atom is 0.285 e. The minimum atomic E-state index is -0.137. The molecule has 0 bridgehead atoms. The molecule has 0 aliphatic carbocycles. The molecule has 4 nitrogen and oxygen atoms in total. The molecule has 0 radical (unpaired) electrons. The fourth-order valence-corrected chi connectivity index (χ4v) is 2.67. The van der Waals surface area contributed by atoms with E-state index in [0.717, 1.165) is 11.1 Å². The van der Waals surface area contributed by atoms with Crippen molar-refractivity contribution in [2.24, 2.45) is 0 Å². The Kier molecular flexibility index (Phi) is 5.65. The first-order valence-electron chi connectivity index (χ1n) is 8.04. The zero-order valence-corrected chi connectivity index (χ0v) is 14.4. The van der Waals surface area contributed by atoms with Gasteiger partial charge in [-0.2, -0.15) is 0 Å². The topological polar surface area (TPSA) is 55.3 Å². The average Bonchev–Trinajstić information content (AvgIpc) is 2.66. The number of H-pyrrole nitrogens is 1. The van der Waals surface area contributed by atoms with Gasteiger partial charge in [-0.3, -0.25) is 10.1 Å². The summed E-state index contributed by atoms with van der Waals surface area (Å²) in [5.41, 5.74) is 2.59. The standard InChI is InChI=1S/C20H18ClN3O/c21-18-11-5-4-9-16(18)14-23-19-17(10-6-12-22-19)20(25)24-13-15-7-2-1-3-8-15/h1-12H,13-14H2,(H,22,23)(H,24,25)/p+1. The van der Waals surface area contributed by atoms with E-state index in [4.69, 9.17) is 11.6 Å². The lowest BCUT2D eigenvalue weighted by Crippen LogP contribution is -2.26. The zero-order chi connectivity index (χ0) is 17.5. The number of pyridine rings is 1. The van der Waals surface area contributed by atoms with Crippen molar-refractivity contribution in [3.05, 3.63) is 94.6 Å². The van der Waals surface area contributed by atoms with Gasteiger partial charge in [0.2, 0.25) is 0 Å². The van der Waals surface area contributed by atoms with Crippen LogP contribution in [0.25, 0.3) is 0 Å². The zero-order valence-electron chi connectivity index (χ0n) is 13.6. The summed E-state index contributed by atoms with van der Waals surface area (Å²) in [6.07, 6.45) is 1.78. The summed E-state index contributed by atoms with van der Waals surface area (Å²) in [6.45, 7) is 1.01. The van der Waals surface area contributed by atoms with Crippen LogP contribution in [0.1, 0.15) is 21.5 Å². The molecule has 3 aromatic rings. The molecule has 3 N–H and O–H groups in total. The third-order valence-electron chi connectivity index (χ3n) is 3.81. The second-order valence-electron chi connectivity index (χ2n) is 5.57. The highest BCUT2D eigenvalue weighted by Gasteiger charge is 2.17. The number of anilines is 1. The highest BCUT2D eigenvalue weighted by Crippen LogP contribution is 2.17. The van der Waals surface area contributed by atoms with Crippen LogP contribution < -0.4 is 15.6 Å². The number of benzene rings is 2. The van der Waals surface area contributed by atoms with Gasteiger partial charge in [-0.1, -0.05) is 60.1 Å². The van der Waals surface area contributed by atoms with Crippen LogP contribution in [0.2, 0.25) is 5.02 Å². The molecule has 1 heterocycles. The lowest BCUT2D eigenvalue weighted by Gasteiger charge is -2.08. The van der Waals surface area contributed by atoms with Gasteiger partial charge in [0.25, 0.3) is 11.7 Å². The minimum Gasteiger partial charge on any atom is -0.348 e. The summed E-state index contributed by atoms with van der Waals surface area (Å²) in [5, 5.41) is 6.88. The van der Waals surface area contributed by atoms with Crippen LogP contribution in [0.5, 0.6) is 0 Å².